The molecule has 0 aliphatic rings. The predicted molar refractivity (Wildman–Crippen MR) is 84.5 cm³/mol. The molecule has 0 aromatic heterocycles. The van der Waals surface area contributed by atoms with Gasteiger partial charge in [0.15, 0.2) is 0 Å². The molecule has 0 amide bonds. The summed E-state index contributed by atoms with van der Waals surface area (Å²) in [4.78, 5) is 0. The fourth-order valence-corrected chi connectivity index (χ4v) is 3.01. The molecule has 0 nitrogen and oxygen atoms in total. The zero-order valence-electron chi connectivity index (χ0n) is 11.7. The number of hydrogen-bond acceptors (Lipinski definition) is 0. The van der Waals surface area contributed by atoms with E-state index < -0.39 is 0 Å². The summed E-state index contributed by atoms with van der Waals surface area (Å²) < 4.78 is 0. The van der Waals surface area contributed by atoms with Crippen LogP contribution in [0.1, 0.15) is 38.8 Å². The molecule has 100 valence electrons. The van der Waals surface area contributed by atoms with Crippen molar-refractivity contribution in [3.63, 3.8) is 0 Å². The molecule has 0 N–H and O–H groups in total. The van der Waals surface area contributed by atoms with Crippen molar-refractivity contribution in [3.8, 4) is 0 Å². The van der Waals surface area contributed by atoms with Crippen LogP contribution in [0.2, 0.25) is 5.02 Å². The minimum absolute atomic E-state index is 0.202. The minimum Gasteiger partial charge on any atom is -0.113 e. The van der Waals surface area contributed by atoms with E-state index in [1.54, 1.807) is 0 Å². The summed E-state index contributed by atoms with van der Waals surface area (Å²) in [6.07, 6.45) is 0. The number of benzene rings is 2. The lowest BCUT2D eigenvalue weighted by molar-refractivity contribution is 1.09. The van der Waals surface area contributed by atoms with Crippen molar-refractivity contribution in [2.75, 3.05) is 0 Å². The molecule has 2 rings (SSSR count). The zero-order valence-corrected chi connectivity index (χ0v) is 13.2. The molecule has 2 heteroatoms. The topological polar surface area (TPSA) is 0 Å². The van der Waals surface area contributed by atoms with E-state index in [2.05, 4.69) is 45.9 Å². The van der Waals surface area contributed by atoms with E-state index in [1.165, 1.54) is 22.3 Å². The fraction of sp³-hybridized carbons (Fsp3) is 0.294. The highest BCUT2D eigenvalue weighted by Crippen LogP contribution is 2.37. The first-order valence-corrected chi connectivity index (χ1v) is 7.20. The third kappa shape index (κ3) is 2.80. The first kappa shape index (κ1) is 14.4. The van der Waals surface area contributed by atoms with Crippen molar-refractivity contribution in [2.24, 2.45) is 0 Å². The third-order valence-electron chi connectivity index (χ3n) is 3.81. The number of alkyl halides is 1. The smallest absolute Gasteiger partial charge is 0.0852 e. The molecular weight excluding hydrogens is 275 g/mol. The van der Waals surface area contributed by atoms with Crippen LogP contribution in [-0.4, -0.2) is 0 Å². The van der Waals surface area contributed by atoms with Gasteiger partial charge in [0, 0.05) is 5.02 Å². The van der Waals surface area contributed by atoms with E-state index in [1.807, 2.05) is 12.1 Å². The molecular formula is C17H18Cl2. The Morgan fingerprint density at radius 2 is 1.47 bits per heavy atom. The van der Waals surface area contributed by atoms with Gasteiger partial charge in [-0.1, -0.05) is 35.9 Å². The lowest BCUT2D eigenvalue weighted by Gasteiger charge is -2.17. The van der Waals surface area contributed by atoms with Gasteiger partial charge in [-0.15, -0.1) is 11.6 Å². The van der Waals surface area contributed by atoms with E-state index >= 15 is 0 Å². The largest absolute Gasteiger partial charge is 0.113 e. The van der Waals surface area contributed by atoms with Crippen LogP contribution in [0, 0.1) is 27.7 Å². The molecule has 2 aromatic carbocycles. The second-order valence-electron chi connectivity index (χ2n) is 5.11. The predicted octanol–water partition coefficient (Wildman–Crippen LogP) is 5.90. The molecule has 1 unspecified atom stereocenters. The minimum atomic E-state index is -0.202. The lowest BCUT2D eigenvalue weighted by Crippen LogP contribution is -2.00. The first-order valence-electron chi connectivity index (χ1n) is 6.38. The summed E-state index contributed by atoms with van der Waals surface area (Å²) in [5.74, 6) is 0. The molecule has 0 aliphatic heterocycles. The van der Waals surface area contributed by atoms with Gasteiger partial charge in [-0.3, -0.25) is 0 Å². The van der Waals surface area contributed by atoms with Crippen molar-refractivity contribution in [1.29, 1.82) is 0 Å². The summed E-state index contributed by atoms with van der Waals surface area (Å²) in [7, 11) is 0. The maximum absolute atomic E-state index is 6.65. The van der Waals surface area contributed by atoms with Gasteiger partial charge in [-0.25, -0.2) is 0 Å². The zero-order chi connectivity index (χ0) is 14.2. The average Bonchev–Trinajstić information content (AvgIpc) is 2.36. The summed E-state index contributed by atoms with van der Waals surface area (Å²) in [6, 6.07) is 10.3. The summed E-state index contributed by atoms with van der Waals surface area (Å²) >= 11 is 13.0. The maximum Gasteiger partial charge on any atom is 0.0852 e. The van der Waals surface area contributed by atoms with Crippen LogP contribution in [0.15, 0.2) is 30.3 Å². The van der Waals surface area contributed by atoms with Crippen molar-refractivity contribution in [2.45, 2.75) is 33.1 Å². The van der Waals surface area contributed by atoms with Crippen molar-refractivity contribution in [1.82, 2.24) is 0 Å². The van der Waals surface area contributed by atoms with Gasteiger partial charge in [0.2, 0.25) is 0 Å². The molecule has 0 bridgehead atoms. The number of halogens is 2. The van der Waals surface area contributed by atoms with E-state index in [4.69, 9.17) is 23.2 Å². The van der Waals surface area contributed by atoms with Gasteiger partial charge >= 0.3 is 0 Å². The van der Waals surface area contributed by atoms with Crippen LogP contribution >= 0.6 is 23.2 Å². The van der Waals surface area contributed by atoms with Crippen LogP contribution < -0.4 is 0 Å². The Balaban J connectivity index is 2.53. The van der Waals surface area contributed by atoms with Crippen LogP contribution in [0.3, 0.4) is 0 Å². The second kappa shape index (κ2) is 5.56. The molecule has 0 spiro atoms. The van der Waals surface area contributed by atoms with Gasteiger partial charge in [0.05, 0.1) is 5.38 Å². The van der Waals surface area contributed by atoms with E-state index in [0.29, 0.717) is 0 Å². The maximum atomic E-state index is 6.65. The number of aryl methyl sites for hydroxylation is 3. The van der Waals surface area contributed by atoms with E-state index in [-0.39, 0.29) is 5.38 Å². The van der Waals surface area contributed by atoms with Crippen molar-refractivity contribution >= 4 is 23.2 Å². The first-order chi connectivity index (χ1) is 8.91. The van der Waals surface area contributed by atoms with Gasteiger partial charge < -0.3 is 0 Å². The Labute approximate surface area is 125 Å². The molecule has 2 aromatic rings. The SMILES string of the molecule is Cc1cc(Cl)c(C(Cl)c2cccc(C)c2C)cc1C. The molecule has 1 atom stereocenters. The quantitative estimate of drug-likeness (QED) is 0.604. The molecule has 0 radical (unpaired) electrons. The highest BCUT2D eigenvalue weighted by atomic mass is 35.5. The average molecular weight is 293 g/mol. The van der Waals surface area contributed by atoms with Crippen LogP contribution in [0.5, 0.6) is 0 Å². The van der Waals surface area contributed by atoms with Crippen LogP contribution in [-0.2, 0) is 0 Å². The number of rotatable bonds is 2. The van der Waals surface area contributed by atoms with E-state index in [0.717, 1.165) is 16.1 Å². The van der Waals surface area contributed by atoms with Gasteiger partial charge in [-0.05, 0) is 67.1 Å². The Bertz CT molecular complexity index is 615. The standard InChI is InChI=1S/C17H18Cl2/c1-10-6-5-7-14(13(10)4)17(19)15-8-11(2)12(3)9-16(15)18/h5-9,17H,1-4H3. The molecule has 0 saturated carbocycles. The Kier molecular flexibility index (Phi) is 4.23. The molecule has 0 fully saturated rings. The van der Waals surface area contributed by atoms with Crippen molar-refractivity contribution < 1.29 is 0 Å². The summed E-state index contributed by atoms with van der Waals surface area (Å²) in [6.45, 7) is 8.35. The lowest BCUT2D eigenvalue weighted by atomic mass is 9.95. The highest BCUT2D eigenvalue weighted by molar-refractivity contribution is 6.33. The third-order valence-corrected chi connectivity index (χ3v) is 4.60. The summed E-state index contributed by atoms with van der Waals surface area (Å²) in [5, 5.41) is 0.538. The van der Waals surface area contributed by atoms with E-state index in [9.17, 15) is 0 Å². The van der Waals surface area contributed by atoms with Gasteiger partial charge in [0.25, 0.3) is 0 Å². The second-order valence-corrected chi connectivity index (χ2v) is 5.95. The molecule has 0 saturated heterocycles. The molecule has 0 aliphatic carbocycles. The normalized spacial score (nSPS) is 12.5. The monoisotopic (exact) mass is 292 g/mol. The fourth-order valence-electron chi connectivity index (χ4n) is 2.21. The molecule has 0 heterocycles. The van der Waals surface area contributed by atoms with Gasteiger partial charge in [0.1, 0.15) is 0 Å². The van der Waals surface area contributed by atoms with Crippen LogP contribution in [0.4, 0.5) is 0 Å². The van der Waals surface area contributed by atoms with Crippen molar-refractivity contribution in [3.05, 3.63) is 68.7 Å². The Morgan fingerprint density at radius 3 is 2.16 bits per heavy atom. The van der Waals surface area contributed by atoms with Gasteiger partial charge in [-0.2, -0.15) is 0 Å². The Hall–Kier alpha value is -0.980. The Morgan fingerprint density at radius 1 is 0.842 bits per heavy atom. The highest BCUT2D eigenvalue weighted by Gasteiger charge is 2.17. The number of hydrogen-bond donors (Lipinski definition) is 0. The molecule has 19 heavy (non-hydrogen) atoms. The van der Waals surface area contributed by atoms with Crippen LogP contribution in [0.25, 0.3) is 0 Å². The summed E-state index contributed by atoms with van der Waals surface area (Å²) in [5.41, 5.74) is 7.01.